The molecule has 3 saturated heterocycles. The normalized spacial score (nSPS) is 23.6. The van der Waals surface area contributed by atoms with Gasteiger partial charge >= 0.3 is 6.03 Å². The monoisotopic (exact) mass is 638 g/mol. The van der Waals surface area contributed by atoms with Crippen molar-refractivity contribution in [2.75, 3.05) is 52.9 Å². The van der Waals surface area contributed by atoms with Crippen molar-refractivity contribution in [3.05, 3.63) is 29.3 Å². The van der Waals surface area contributed by atoms with Crippen LogP contribution in [-0.4, -0.2) is 117 Å². The van der Waals surface area contributed by atoms with E-state index < -0.39 is 16.1 Å². The number of amides is 4. The van der Waals surface area contributed by atoms with Gasteiger partial charge in [-0.1, -0.05) is 11.6 Å². The number of sulfonamides is 1. The number of piperidine rings is 1. The van der Waals surface area contributed by atoms with Crippen molar-refractivity contribution in [1.29, 1.82) is 0 Å². The van der Waals surface area contributed by atoms with Gasteiger partial charge in [0.1, 0.15) is 10.3 Å². The van der Waals surface area contributed by atoms with E-state index in [-0.39, 0.29) is 40.7 Å². The Bertz CT molecular complexity index is 1440. The Balaban J connectivity index is 1.16. The van der Waals surface area contributed by atoms with Gasteiger partial charge in [-0.05, 0) is 68.7 Å². The molecule has 4 amide bonds. The zero-order chi connectivity index (χ0) is 30.0. The number of rotatable bonds is 9. The van der Waals surface area contributed by atoms with Gasteiger partial charge < -0.3 is 20.0 Å². The van der Waals surface area contributed by atoms with Crippen LogP contribution < -0.4 is 10.0 Å². The van der Waals surface area contributed by atoms with Crippen molar-refractivity contribution in [3.8, 4) is 0 Å². The van der Waals surface area contributed by atoms with E-state index >= 15 is 0 Å². The van der Waals surface area contributed by atoms with E-state index in [0.717, 1.165) is 60.3 Å². The second-order valence-corrected chi connectivity index (χ2v) is 14.8. The molecule has 3 atom stereocenters. The number of carbonyl (C=O) groups excluding carboxylic acids is 3. The summed E-state index contributed by atoms with van der Waals surface area (Å²) < 4.78 is 29.9. The number of fused-ring (bicyclic) bond motifs is 1. The summed E-state index contributed by atoms with van der Waals surface area (Å²) >= 11 is 7.18. The van der Waals surface area contributed by atoms with Gasteiger partial charge in [-0.15, -0.1) is 11.3 Å². The van der Waals surface area contributed by atoms with Gasteiger partial charge in [-0.3, -0.25) is 14.5 Å². The number of thiophene rings is 1. The van der Waals surface area contributed by atoms with Gasteiger partial charge in [0.05, 0.1) is 6.54 Å². The van der Waals surface area contributed by atoms with E-state index in [2.05, 4.69) is 14.9 Å². The average Bonchev–Trinajstić information content (AvgIpc) is 3.71. The SMILES string of the molecule is CCNC(=O)N(C)C1CCN(C[C@@H]2CCCN2C(=O)CN2CCC[C@H](NS(=O)(=O)c3cc4cc(Cl)ccc4s3)C2=O)C1. The molecule has 3 aliphatic heterocycles. The van der Waals surface area contributed by atoms with Crippen LogP contribution >= 0.6 is 22.9 Å². The molecule has 3 aliphatic rings. The summed E-state index contributed by atoms with van der Waals surface area (Å²) in [6, 6.07) is 5.98. The van der Waals surface area contributed by atoms with Crippen LogP contribution in [0, 0.1) is 0 Å². The molecule has 42 heavy (non-hydrogen) atoms. The van der Waals surface area contributed by atoms with Crippen molar-refractivity contribution < 1.29 is 22.8 Å². The van der Waals surface area contributed by atoms with Crippen molar-refractivity contribution in [1.82, 2.24) is 29.6 Å². The van der Waals surface area contributed by atoms with Gasteiger partial charge in [-0.2, -0.15) is 4.72 Å². The van der Waals surface area contributed by atoms with Gasteiger partial charge in [0.15, 0.2) is 0 Å². The summed E-state index contributed by atoms with van der Waals surface area (Å²) in [6.07, 6.45) is 3.68. The fourth-order valence-electron chi connectivity index (χ4n) is 6.22. The number of likely N-dealkylation sites (tertiary alicyclic amines) is 3. The largest absolute Gasteiger partial charge is 0.338 e. The minimum absolute atomic E-state index is 0.0571. The quantitative estimate of drug-likeness (QED) is 0.435. The maximum Gasteiger partial charge on any atom is 0.317 e. The Morgan fingerprint density at radius 1 is 1.12 bits per heavy atom. The predicted molar refractivity (Wildman–Crippen MR) is 163 cm³/mol. The van der Waals surface area contributed by atoms with Crippen LogP contribution in [0.1, 0.15) is 39.0 Å². The van der Waals surface area contributed by atoms with E-state index in [1.807, 2.05) is 18.9 Å². The molecule has 0 bridgehead atoms. The van der Waals surface area contributed by atoms with Crippen molar-refractivity contribution in [3.63, 3.8) is 0 Å². The first-order chi connectivity index (χ1) is 20.1. The van der Waals surface area contributed by atoms with Crippen LogP contribution in [0.3, 0.4) is 0 Å². The van der Waals surface area contributed by atoms with Crippen molar-refractivity contribution in [2.24, 2.45) is 0 Å². The zero-order valence-corrected chi connectivity index (χ0v) is 26.4. The Morgan fingerprint density at radius 3 is 2.69 bits per heavy atom. The van der Waals surface area contributed by atoms with Gasteiger partial charge in [0, 0.05) is 68.1 Å². The zero-order valence-electron chi connectivity index (χ0n) is 24.1. The Labute approximate surface area is 256 Å². The standard InChI is InChI=1S/C28H39ClN6O5S2/c1-3-30-28(38)32(2)21-10-13-33(16-21)17-22-6-4-12-35(22)25(36)18-34-11-5-7-23(27(34)37)31-42(39,40)26-15-19-14-20(29)8-9-24(19)41-26/h8-9,14-15,21-23,31H,3-7,10-13,16-18H2,1-2H3,(H,30,38)/t21?,22-,23-/m0/s1. The summed E-state index contributed by atoms with van der Waals surface area (Å²) in [7, 11) is -2.10. The van der Waals surface area contributed by atoms with Gasteiger partial charge in [0.2, 0.25) is 11.8 Å². The third-order valence-corrected chi connectivity index (χ3v) is 11.8. The minimum atomic E-state index is -3.93. The Kier molecular flexibility index (Phi) is 9.63. The Morgan fingerprint density at radius 2 is 1.90 bits per heavy atom. The highest BCUT2D eigenvalue weighted by molar-refractivity contribution is 7.91. The minimum Gasteiger partial charge on any atom is -0.338 e. The molecule has 230 valence electrons. The van der Waals surface area contributed by atoms with Gasteiger partial charge in [-0.25, -0.2) is 13.2 Å². The summed E-state index contributed by atoms with van der Waals surface area (Å²) in [5.74, 6) is -0.472. The Hall–Kier alpha value is -2.45. The molecule has 2 aromatic rings. The number of carbonyl (C=O) groups is 3. The number of likely N-dealkylation sites (N-methyl/N-ethyl adjacent to an activating group) is 1. The number of benzene rings is 1. The molecule has 4 heterocycles. The molecule has 1 aromatic carbocycles. The molecule has 14 heteroatoms. The highest BCUT2D eigenvalue weighted by atomic mass is 35.5. The fourth-order valence-corrected chi connectivity index (χ4v) is 9.02. The lowest BCUT2D eigenvalue weighted by Crippen LogP contribution is -2.55. The van der Waals surface area contributed by atoms with E-state index in [1.165, 1.54) is 4.90 Å². The molecule has 11 nitrogen and oxygen atoms in total. The number of halogens is 1. The third-order valence-electron chi connectivity index (χ3n) is 8.48. The average molecular weight is 639 g/mol. The second kappa shape index (κ2) is 13.0. The topological polar surface area (TPSA) is 122 Å². The van der Waals surface area contributed by atoms with Crippen molar-refractivity contribution >= 4 is 60.9 Å². The first kappa shape index (κ1) is 31.0. The number of urea groups is 1. The maximum atomic E-state index is 13.4. The van der Waals surface area contributed by atoms with Crippen LogP contribution in [-0.2, 0) is 19.6 Å². The summed E-state index contributed by atoms with van der Waals surface area (Å²) in [5, 5.41) is 4.10. The van der Waals surface area contributed by atoms with E-state index in [4.69, 9.17) is 11.6 Å². The highest BCUT2D eigenvalue weighted by Crippen LogP contribution is 2.31. The summed E-state index contributed by atoms with van der Waals surface area (Å²) in [5.41, 5.74) is 0. The van der Waals surface area contributed by atoms with Crippen LogP contribution in [0.25, 0.3) is 10.1 Å². The number of nitrogens with zero attached hydrogens (tertiary/aromatic N) is 4. The molecule has 0 spiro atoms. The first-order valence-electron chi connectivity index (χ1n) is 14.6. The van der Waals surface area contributed by atoms with Crippen LogP contribution in [0.4, 0.5) is 4.79 Å². The maximum absolute atomic E-state index is 13.4. The molecule has 0 aliphatic carbocycles. The molecule has 5 rings (SSSR count). The molecule has 0 radical (unpaired) electrons. The first-order valence-corrected chi connectivity index (χ1v) is 17.3. The smallest absolute Gasteiger partial charge is 0.317 e. The lowest BCUT2D eigenvalue weighted by atomic mass is 10.1. The lowest BCUT2D eigenvalue weighted by molar-refractivity contribution is -0.143. The molecular formula is C28H39ClN6O5S2. The van der Waals surface area contributed by atoms with Crippen LogP contribution in [0.15, 0.2) is 28.5 Å². The van der Waals surface area contributed by atoms with Crippen molar-refractivity contribution in [2.45, 2.75) is 61.4 Å². The number of hydrogen-bond donors (Lipinski definition) is 2. The van der Waals surface area contributed by atoms with E-state index in [1.54, 1.807) is 29.2 Å². The number of hydrogen-bond acceptors (Lipinski definition) is 7. The molecule has 0 saturated carbocycles. The molecular weight excluding hydrogens is 600 g/mol. The summed E-state index contributed by atoms with van der Waals surface area (Å²) in [4.78, 5) is 46.4. The molecule has 2 N–H and O–H groups in total. The molecule has 1 aromatic heterocycles. The van der Waals surface area contributed by atoms with Crippen LogP contribution in [0.2, 0.25) is 5.02 Å². The number of nitrogens with one attached hydrogen (secondary N) is 2. The highest BCUT2D eigenvalue weighted by Gasteiger charge is 2.38. The molecule has 1 unspecified atom stereocenters. The summed E-state index contributed by atoms with van der Waals surface area (Å²) in [6.45, 7) is 5.87. The van der Waals surface area contributed by atoms with E-state index in [9.17, 15) is 22.8 Å². The van der Waals surface area contributed by atoms with Crippen LogP contribution in [0.5, 0.6) is 0 Å². The van der Waals surface area contributed by atoms with Gasteiger partial charge in [0.25, 0.3) is 10.0 Å². The lowest BCUT2D eigenvalue weighted by Gasteiger charge is -2.35. The fraction of sp³-hybridized carbons (Fsp3) is 0.607. The molecule has 3 fully saturated rings. The second-order valence-electron chi connectivity index (χ2n) is 11.4. The van der Waals surface area contributed by atoms with E-state index in [0.29, 0.717) is 37.5 Å². The predicted octanol–water partition coefficient (Wildman–Crippen LogP) is 2.55. The third kappa shape index (κ3) is 6.85.